The van der Waals surface area contributed by atoms with Crippen molar-refractivity contribution in [3.05, 3.63) is 22.4 Å². The third kappa shape index (κ3) is 3.47. The van der Waals surface area contributed by atoms with Crippen LogP contribution in [-0.4, -0.2) is 55.0 Å². The summed E-state index contributed by atoms with van der Waals surface area (Å²) in [5.74, 6) is 0.945. The number of piperidine rings is 1. The van der Waals surface area contributed by atoms with Crippen LogP contribution >= 0.6 is 11.3 Å². The average Bonchev–Trinajstić information content (AvgIpc) is 3.02. The highest BCUT2D eigenvalue weighted by molar-refractivity contribution is 7.10. The van der Waals surface area contributed by atoms with Gasteiger partial charge in [-0.3, -0.25) is 9.69 Å². The summed E-state index contributed by atoms with van der Waals surface area (Å²) >= 11 is 1.71. The van der Waals surface area contributed by atoms with E-state index in [-0.39, 0.29) is 6.04 Å². The van der Waals surface area contributed by atoms with Gasteiger partial charge < -0.3 is 10.2 Å². The van der Waals surface area contributed by atoms with Crippen LogP contribution in [0.5, 0.6) is 0 Å². The number of carbonyl (C=O) groups is 1. The molecule has 0 aromatic carbocycles. The van der Waals surface area contributed by atoms with Crippen molar-refractivity contribution in [2.24, 2.45) is 5.92 Å². The molecule has 2 unspecified atom stereocenters. The summed E-state index contributed by atoms with van der Waals surface area (Å²) in [5, 5.41) is 5.46. The zero-order valence-corrected chi connectivity index (χ0v) is 13.6. The molecule has 0 bridgehead atoms. The van der Waals surface area contributed by atoms with Crippen molar-refractivity contribution >= 4 is 17.2 Å². The van der Waals surface area contributed by atoms with Crippen LogP contribution in [0.2, 0.25) is 0 Å². The minimum Gasteiger partial charge on any atom is -0.341 e. The molecule has 0 radical (unpaired) electrons. The molecule has 0 spiro atoms. The van der Waals surface area contributed by atoms with Gasteiger partial charge in [-0.05, 0) is 30.2 Å². The maximum absolute atomic E-state index is 13.1. The highest BCUT2D eigenvalue weighted by atomic mass is 32.1. The molecule has 3 rings (SSSR count). The quantitative estimate of drug-likeness (QED) is 0.927. The second-order valence-electron chi connectivity index (χ2n) is 6.24. The molecule has 0 aliphatic carbocycles. The number of piperazine rings is 1. The van der Waals surface area contributed by atoms with Gasteiger partial charge in [0.1, 0.15) is 6.04 Å². The first-order valence-electron chi connectivity index (χ1n) is 8.02. The fraction of sp³-hybridized carbons (Fsp3) is 0.688. The van der Waals surface area contributed by atoms with Crippen LogP contribution in [0.15, 0.2) is 17.5 Å². The normalized spacial score (nSPS) is 25.8. The lowest BCUT2D eigenvalue weighted by Crippen LogP contribution is -2.51. The largest absolute Gasteiger partial charge is 0.341 e. The molecule has 1 aromatic rings. The molecule has 1 amide bonds. The first-order valence-corrected chi connectivity index (χ1v) is 8.90. The highest BCUT2D eigenvalue weighted by Crippen LogP contribution is 2.29. The number of carbonyl (C=O) groups excluding carboxylic acids is 1. The van der Waals surface area contributed by atoms with Crippen molar-refractivity contribution in [3.8, 4) is 0 Å². The Hall–Kier alpha value is -0.910. The summed E-state index contributed by atoms with van der Waals surface area (Å²) in [4.78, 5) is 18.8. The van der Waals surface area contributed by atoms with Crippen molar-refractivity contribution in [1.82, 2.24) is 15.1 Å². The molecule has 2 saturated heterocycles. The van der Waals surface area contributed by atoms with Crippen LogP contribution in [0.1, 0.15) is 30.7 Å². The van der Waals surface area contributed by atoms with Gasteiger partial charge in [0.25, 0.3) is 0 Å². The van der Waals surface area contributed by atoms with E-state index in [1.54, 1.807) is 11.3 Å². The monoisotopic (exact) mass is 307 g/mol. The van der Waals surface area contributed by atoms with Gasteiger partial charge in [0.15, 0.2) is 0 Å². The van der Waals surface area contributed by atoms with Gasteiger partial charge in [-0.15, -0.1) is 11.3 Å². The first kappa shape index (κ1) is 15.0. The Bertz CT molecular complexity index is 456. The van der Waals surface area contributed by atoms with E-state index in [2.05, 4.69) is 39.6 Å². The molecule has 0 saturated carbocycles. The Morgan fingerprint density at radius 2 is 2.19 bits per heavy atom. The van der Waals surface area contributed by atoms with Crippen LogP contribution in [0.4, 0.5) is 0 Å². The number of nitrogens with zero attached hydrogens (tertiary/aromatic N) is 2. The first-order chi connectivity index (χ1) is 10.3. The fourth-order valence-electron chi connectivity index (χ4n) is 3.41. The SMILES string of the molecule is CC1CCCN(C(=O)C(c2cccs2)N2CCNCC2)C1. The maximum Gasteiger partial charge on any atom is 0.245 e. The predicted molar refractivity (Wildman–Crippen MR) is 86.5 cm³/mol. The van der Waals surface area contributed by atoms with Crippen molar-refractivity contribution in [1.29, 1.82) is 0 Å². The fourth-order valence-corrected chi connectivity index (χ4v) is 4.26. The van der Waals surface area contributed by atoms with E-state index in [0.29, 0.717) is 11.8 Å². The molecule has 1 N–H and O–H groups in total. The maximum atomic E-state index is 13.1. The van der Waals surface area contributed by atoms with Crippen LogP contribution < -0.4 is 5.32 Å². The van der Waals surface area contributed by atoms with Crippen molar-refractivity contribution in [2.45, 2.75) is 25.8 Å². The molecule has 2 fully saturated rings. The van der Waals surface area contributed by atoms with E-state index in [1.807, 2.05) is 0 Å². The minimum absolute atomic E-state index is 0.0719. The van der Waals surface area contributed by atoms with Gasteiger partial charge in [-0.2, -0.15) is 0 Å². The molecular weight excluding hydrogens is 282 g/mol. The molecule has 2 aliphatic rings. The molecule has 3 heterocycles. The van der Waals surface area contributed by atoms with E-state index < -0.39 is 0 Å². The molecule has 4 nitrogen and oxygen atoms in total. The smallest absolute Gasteiger partial charge is 0.245 e. The molecular formula is C16H25N3OS. The Morgan fingerprint density at radius 1 is 1.38 bits per heavy atom. The second-order valence-corrected chi connectivity index (χ2v) is 7.21. The molecule has 116 valence electrons. The predicted octanol–water partition coefficient (Wildman–Crippen LogP) is 1.95. The van der Waals surface area contributed by atoms with Crippen molar-refractivity contribution in [3.63, 3.8) is 0 Å². The number of thiophene rings is 1. The van der Waals surface area contributed by atoms with Crippen LogP contribution in [0.25, 0.3) is 0 Å². The van der Waals surface area contributed by atoms with Crippen molar-refractivity contribution in [2.75, 3.05) is 39.3 Å². The standard InChI is InChI=1S/C16H25N3OS/c1-13-4-2-8-19(12-13)16(20)15(14-5-3-11-21-14)18-9-6-17-7-10-18/h3,5,11,13,15,17H,2,4,6-10,12H2,1H3. The van der Waals surface area contributed by atoms with Gasteiger partial charge in [0.2, 0.25) is 5.91 Å². The van der Waals surface area contributed by atoms with Gasteiger partial charge in [0, 0.05) is 44.1 Å². The summed E-state index contributed by atoms with van der Waals surface area (Å²) in [7, 11) is 0. The minimum atomic E-state index is -0.0719. The summed E-state index contributed by atoms with van der Waals surface area (Å²) in [6.07, 6.45) is 2.40. The van der Waals surface area contributed by atoms with E-state index in [9.17, 15) is 4.79 Å². The molecule has 1 aromatic heterocycles. The number of likely N-dealkylation sites (tertiary alicyclic amines) is 1. The number of hydrogen-bond donors (Lipinski definition) is 1. The van der Waals surface area contributed by atoms with Crippen molar-refractivity contribution < 1.29 is 4.79 Å². The number of nitrogens with one attached hydrogen (secondary N) is 1. The van der Waals surface area contributed by atoms with Gasteiger partial charge >= 0.3 is 0 Å². The lowest BCUT2D eigenvalue weighted by atomic mass is 9.99. The molecule has 21 heavy (non-hydrogen) atoms. The van der Waals surface area contributed by atoms with E-state index in [1.165, 1.54) is 11.3 Å². The van der Waals surface area contributed by atoms with Gasteiger partial charge in [0.05, 0.1) is 0 Å². The lowest BCUT2D eigenvalue weighted by molar-refractivity contribution is -0.139. The summed E-state index contributed by atoms with van der Waals surface area (Å²) in [6.45, 7) is 7.97. The molecule has 2 atom stereocenters. The zero-order chi connectivity index (χ0) is 14.7. The Labute approximate surface area is 131 Å². The van der Waals surface area contributed by atoms with Crippen LogP contribution in [0, 0.1) is 5.92 Å². The van der Waals surface area contributed by atoms with Crippen LogP contribution in [0.3, 0.4) is 0 Å². The Balaban J connectivity index is 1.79. The average molecular weight is 307 g/mol. The Morgan fingerprint density at radius 3 is 2.86 bits per heavy atom. The number of amides is 1. The number of hydrogen-bond acceptors (Lipinski definition) is 4. The van der Waals surface area contributed by atoms with E-state index >= 15 is 0 Å². The number of rotatable bonds is 3. The van der Waals surface area contributed by atoms with E-state index in [0.717, 1.165) is 45.7 Å². The van der Waals surface area contributed by atoms with E-state index in [4.69, 9.17) is 0 Å². The lowest BCUT2D eigenvalue weighted by Gasteiger charge is -2.39. The third-order valence-electron chi connectivity index (χ3n) is 4.53. The summed E-state index contributed by atoms with van der Waals surface area (Å²) in [6, 6.07) is 4.10. The topological polar surface area (TPSA) is 35.6 Å². The van der Waals surface area contributed by atoms with Gasteiger partial charge in [-0.1, -0.05) is 13.0 Å². The third-order valence-corrected chi connectivity index (χ3v) is 5.46. The molecule has 5 heteroatoms. The molecule has 2 aliphatic heterocycles. The zero-order valence-electron chi connectivity index (χ0n) is 12.8. The summed E-state index contributed by atoms with van der Waals surface area (Å²) < 4.78 is 0. The second kappa shape index (κ2) is 6.90. The Kier molecular flexibility index (Phi) is 4.93. The highest BCUT2D eigenvalue weighted by Gasteiger charge is 2.34. The summed E-state index contributed by atoms with van der Waals surface area (Å²) in [5.41, 5.74) is 0. The van der Waals surface area contributed by atoms with Crippen LogP contribution in [-0.2, 0) is 4.79 Å². The van der Waals surface area contributed by atoms with Gasteiger partial charge in [-0.25, -0.2) is 0 Å².